The summed E-state index contributed by atoms with van der Waals surface area (Å²) >= 11 is 0. The van der Waals surface area contributed by atoms with Crippen LogP contribution in [0.1, 0.15) is 19.4 Å². The Labute approximate surface area is 89.7 Å². The highest BCUT2D eigenvalue weighted by atomic mass is 16.5. The van der Waals surface area contributed by atoms with Crippen molar-refractivity contribution in [3.05, 3.63) is 24.0 Å². The summed E-state index contributed by atoms with van der Waals surface area (Å²) in [6.07, 6.45) is 3.32. The standard InChI is InChI=1S/C11H16N2O2/c1-8(2)11(14)13-6-9-4-5-12-7-10(9)15-3/h4-5,7-8H,6H2,1-3H3,(H,13,14). The highest BCUT2D eigenvalue weighted by Gasteiger charge is 2.07. The molecule has 0 aliphatic carbocycles. The molecule has 1 heterocycles. The molecule has 0 fully saturated rings. The average Bonchev–Trinajstić information content (AvgIpc) is 2.26. The van der Waals surface area contributed by atoms with E-state index in [1.54, 1.807) is 19.5 Å². The number of carbonyl (C=O) groups excluding carboxylic acids is 1. The number of carbonyl (C=O) groups is 1. The Morgan fingerprint density at radius 3 is 2.93 bits per heavy atom. The predicted molar refractivity (Wildman–Crippen MR) is 57.5 cm³/mol. The van der Waals surface area contributed by atoms with Crippen LogP contribution in [0.25, 0.3) is 0 Å². The van der Waals surface area contributed by atoms with Gasteiger partial charge in [0.2, 0.25) is 5.91 Å². The van der Waals surface area contributed by atoms with E-state index in [-0.39, 0.29) is 11.8 Å². The van der Waals surface area contributed by atoms with Crippen LogP contribution >= 0.6 is 0 Å². The molecule has 0 unspecified atom stereocenters. The number of amides is 1. The normalized spacial score (nSPS) is 10.1. The van der Waals surface area contributed by atoms with Crippen molar-refractivity contribution in [2.45, 2.75) is 20.4 Å². The molecule has 0 atom stereocenters. The van der Waals surface area contributed by atoms with E-state index in [1.165, 1.54) is 0 Å². The molecule has 1 aromatic heterocycles. The first-order valence-electron chi connectivity index (χ1n) is 4.89. The van der Waals surface area contributed by atoms with Crippen molar-refractivity contribution < 1.29 is 9.53 Å². The Bertz CT molecular complexity index is 337. The lowest BCUT2D eigenvalue weighted by molar-refractivity contribution is -0.124. The van der Waals surface area contributed by atoms with Crippen molar-refractivity contribution in [1.82, 2.24) is 10.3 Å². The van der Waals surface area contributed by atoms with E-state index in [2.05, 4.69) is 10.3 Å². The number of nitrogens with zero attached hydrogens (tertiary/aromatic N) is 1. The van der Waals surface area contributed by atoms with E-state index in [0.717, 1.165) is 5.56 Å². The summed E-state index contributed by atoms with van der Waals surface area (Å²) in [4.78, 5) is 15.3. The van der Waals surface area contributed by atoms with Gasteiger partial charge >= 0.3 is 0 Å². The molecule has 1 N–H and O–H groups in total. The third kappa shape index (κ3) is 3.23. The zero-order chi connectivity index (χ0) is 11.3. The monoisotopic (exact) mass is 208 g/mol. The second-order valence-electron chi connectivity index (χ2n) is 3.56. The van der Waals surface area contributed by atoms with Crippen molar-refractivity contribution >= 4 is 5.91 Å². The minimum atomic E-state index is -0.00201. The number of nitrogens with one attached hydrogen (secondary N) is 1. The Kier molecular flexibility index (Phi) is 4.09. The maximum Gasteiger partial charge on any atom is 0.222 e. The predicted octanol–water partition coefficient (Wildman–Crippen LogP) is 1.36. The largest absolute Gasteiger partial charge is 0.495 e. The zero-order valence-electron chi connectivity index (χ0n) is 9.28. The van der Waals surface area contributed by atoms with Crippen molar-refractivity contribution in [2.24, 2.45) is 5.92 Å². The SMILES string of the molecule is COc1cnccc1CNC(=O)C(C)C. The van der Waals surface area contributed by atoms with Crippen LogP contribution in [0.2, 0.25) is 0 Å². The fourth-order valence-electron chi connectivity index (χ4n) is 1.13. The van der Waals surface area contributed by atoms with E-state index in [1.807, 2.05) is 19.9 Å². The molecule has 4 nitrogen and oxygen atoms in total. The molecule has 0 bridgehead atoms. The second-order valence-corrected chi connectivity index (χ2v) is 3.56. The average molecular weight is 208 g/mol. The minimum absolute atomic E-state index is 0.00201. The Balaban J connectivity index is 2.61. The molecule has 15 heavy (non-hydrogen) atoms. The lowest BCUT2D eigenvalue weighted by Crippen LogP contribution is -2.27. The van der Waals surface area contributed by atoms with Gasteiger partial charge in [-0.3, -0.25) is 9.78 Å². The van der Waals surface area contributed by atoms with Crippen LogP contribution in [0.4, 0.5) is 0 Å². The van der Waals surface area contributed by atoms with Crippen molar-refractivity contribution in [2.75, 3.05) is 7.11 Å². The molecular formula is C11H16N2O2. The number of rotatable bonds is 4. The second kappa shape index (κ2) is 5.34. The van der Waals surface area contributed by atoms with Gasteiger partial charge in [-0.25, -0.2) is 0 Å². The summed E-state index contributed by atoms with van der Waals surface area (Å²) in [6.45, 7) is 4.20. The van der Waals surface area contributed by atoms with Gasteiger partial charge in [-0.05, 0) is 6.07 Å². The fourth-order valence-corrected chi connectivity index (χ4v) is 1.13. The first kappa shape index (κ1) is 11.5. The van der Waals surface area contributed by atoms with Crippen LogP contribution < -0.4 is 10.1 Å². The van der Waals surface area contributed by atoms with Crippen molar-refractivity contribution in [3.63, 3.8) is 0 Å². The molecule has 1 aromatic rings. The Morgan fingerprint density at radius 1 is 1.60 bits per heavy atom. The maximum atomic E-state index is 11.3. The van der Waals surface area contributed by atoms with Crippen molar-refractivity contribution in [1.29, 1.82) is 0 Å². The van der Waals surface area contributed by atoms with Crippen LogP contribution in [0, 0.1) is 5.92 Å². The maximum absolute atomic E-state index is 11.3. The molecule has 1 rings (SSSR count). The number of ether oxygens (including phenoxy) is 1. The summed E-state index contributed by atoms with van der Waals surface area (Å²) in [5.41, 5.74) is 0.932. The van der Waals surface area contributed by atoms with Crippen LogP contribution in [-0.2, 0) is 11.3 Å². The molecule has 4 heteroatoms. The van der Waals surface area contributed by atoms with Gasteiger partial charge < -0.3 is 10.1 Å². The molecule has 0 saturated carbocycles. The van der Waals surface area contributed by atoms with E-state index >= 15 is 0 Å². The van der Waals surface area contributed by atoms with Gasteiger partial charge in [0.1, 0.15) is 5.75 Å². The number of methoxy groups -OCH3 is 1. The molecule has 0 aliphatic rings. The van der Waals surface area contributed by atoms with E-state index in [0.29, 0.717) is 12.3 Å². The summed E-state index contributed by atoms with van der Waals surface area (Å²) in [7, 11) is 1.59. The number of aromatic nitrogens is 1. The van der Waals surface area contributed by atoms with E-state index < -0.39 is 0 Å². The minimum Gasteiger partial charge on any atom is -0.495 e. The highest BCUT2D eigenvalue weighted by molar-refractivity contribution is 5.77. The Hall–Kier alpha value is -1.58. The molecule has 0 radical (unpaired) electrons. The topological polar surface area (TPSA) is 51.2 Å². The molecular weight excluding hydrogens is 192 g/mol. The number of hydrogen-bond acceptors (Lipinski definition) is 3. The van der Waals surface area contributed by atoms with Gasteiger partial charge in [-0.1, -0.05) is 13.8 Å². The van der Waals surface area contributed by atoms with Gasteiger partial charge in [0.15, 0.2) is 0 Å². The number of pyridine rings is 1. The first-order chi connectivity index (χ1) is 7.15. The van der Waals surface area contributed by atoms with E-state index in [9.17, 15) is 4.79 Å². The highest BCUT2D eigenvalue weighted by Crippen LogP contribution is 2.15. The van der Waals surface area contributed by atoms with Gasteiger partial charge in [0.25, 0.3) is 0 Å². The smallest absolute Gasteiger partial charge is 0.222 e. The zero-order valence-corrected chi connectivity index (χ0v) is 9.28. The molecule has 0 aliphatic heterocycles. The summed E-state index contributed by atoms with van der Waals surface area (Å²) in [5.74, 6) is 0.730. The third-order valence-electron chi connectivity index (χ3n) is 2.07. The number of hydrogen-bond donors (Lipinski definition) is 1. The first-order valence-corrected chi connectivity index (χ1v) is 4.89. The van der Waals surface area contributed by atoms with Crippen LogP contribution in [0.3, 0.4) is 0 Å². The molecule has 82 valence electrons. The lowest BCUT2D eigenvalue weighted by Gasteiger charge is -2.10. The quantitative estimate of drug-likeness (QED) is 0.812. The summed E-state index contributed by atoms with van der Waals surface area (Å²) in [5, 5.41) is 2.83. The molecule has 0 spiro atoms. The van der Waals surface area contributed by atoms with Gasteiger partial charge in [0, 0.05) is 24.2 Å². The van der Waals surface area contributed by atoms with Gasteiger partial charge in [-0.15, -0.1) is 0 Å². The summed E-state index contributed by atoms with van der Waals surface area (Å²) in [6, 6.07) is 1.83. The van der Waals surface area contributed by atoms with Crippen LogP contribution in [0.5, 0.6) is 5.75 Å². The van der Waals surface area contributed by atoms with E-state index in [4.69, 9.17) is 4.74 Å². The Morgan fingerprint density at radius 2 is 2.33 bits per heavy atom. The fraction of sp³-hybridized carbons (Fsp3) is 0.455. The third-order valence-corrected chi connectivity index (χ3v) is 2.07. The van der Waals surface area contributed by atoms with Gasteiger partial charge in [0.05, 0.1) is 13.3 Å². The lowest BCUT2D eigenvalue weighted by atomic mass is 10.2. The molecule has 0 aromatic carbocycles. The van der Waals surface area contributed by atoms with Crippen LogP contribution in [0.15, 0.2) is 18.5 Å². The molecule has 1 amide bonds. The summed E-state index contributed by atoms with van der Waals surface area (Å²) < 4.78 is 5.12. The van der Waals surface area contributed by atoms with Gasteiger partial charge in [-0.2, -0.15) is 0 Å². The molecule has 0 saturated heterocycles. The van der Waals surface area contributed by atoms with Crippen LogP contribution in [-0.4, -0.2) is 18.0 Å². The van der Waals surface area contributed by atoms with Crippen molar-refractivity contribution in [3.8, 4) is 5.75 Å².